The van der Waals surface area contributed by atoms with Crippen molar-refractivity contribution in [1.29, 1.82) is 0 Å². The summed E-state index contributed by atoms with van der Waals surface area (Å²) < 4.78 is 0. The van der Waals surface area contributed by atoms with Gasteiger partial charge in [-0.25, -0.2) is 9.97 Å². The number of hydrogen-bond acceptors (Lipinski definition) is 4. The number of nitrogens with zero attached hydrogens (tertiary/aromatic N) is 2. The van der Waals surface area contributed by atoms with Crippen LogP contribution < -0.4 is 5.32 Å². The molecule has 13 heavy (non-hydrogen) atoms. The maximum atomic E-state index is 4.22. The maximum absolute atomic E-state index is 4.22. The Balaban J connectivity index is 2.15. The molecule has 0 aromatic carbocycles. The van der Waals surface area contributed by atoms with Crippen molar-refractivity contribution in [1.82, 2.24) is 9.97 Å². The molecule has 0 fully saturated rings. The summed E-state index contributed by atoms with van der Waals surface area (Å²) in [6.45, 7) is 1.92. The Bertz CT molecular complexity index is 383. The molecule has 0 spiro atoms. The fourth-order valence-electron chi connectivity index (χ4n) is 0.920. The number of hydrogen-bond donors (Lipinski definition) is 1. The molecule has 4 heteroatoms. The number of aryl methyl sites for hydroxylation is 1. The largest absolute Gasteiger partial charge is 0.316 e. The second-order valence-electron chi connectivity index (χ2n) is 2.55. The van der Waals surface area contributed by atoms with Crippen LogP contribution in [0, 0.1) is 12.3 Å². The van der Waals surface area contributed by atoms with E-state index in [2.05, 4.69) is 20.7 Å². The minimum absolute atomic E-state index is 0.810. The zero-order valence-corrected chi connectivity index (χ0v) is 7.93. The van der Waals surface area contributed by atoms with E-state index in [4.69, 9.17) is 0 Å². The van der Waals surface area contributed by atoms with Crippen molar-refractivity contribution in [2.24, 2.45) is 0 Å². The van der Waals surface area contributed by atoms with E-state index in [0.717, 1.165) is 16.6 Å². The maximum Gasteiger partial charge on any atom is 0.189 e. The molecule has 2 aromatic heterocycles. The summed E-state index contributed by atoms with van der Waals surface area (Å²) in [6, 6.07) is 5.71. The second kappa shape index (κ2) is 3.53. The summed E-state index contributed by atoms with van der Waals surface area (Å²) in [7, 11) is 0. The van der Waals surface area contributed by atoms with Crippen LogP contribution in [0.15, 0.2) is 24.4 Å². The van der Waals surface area contributed by atoms with Gasteiger partial charge in [0.1, 0.15) is 5.82 Å². The number of rotatable bonds is 2. The molecular formula is C9H8N3S. The lowest BCUT2D eigenvalue weighted by Gasteiger charge is -1.98. The smallest absolute Gasteiger partial charge is 0.189 e. The number of pyridine rings is 1. The van der Waals surface area contributed by atoms with Crippen LogP contribution in [0.5, 0.6) is 0 Å². The molecule has 0 unspecified atom stereocenters. The molecule has 0 aliphatic heterocycles. The lowest BCUT2D eigenvalue weighted by Crippen LogP contribution is -1.91. The van der Waals surface area contributed by atoms with Crippen molar-refractivity contribution in [3.05, 3.63) is 35.5 Å². The van der Waals surface area contributed by atoms with Crippen LogP contribution in [0.2, 0.25) is 0 Å². The first-order valence-electron chi connectivity index (χ1n) is 3.88. The molecule has 0 aliphatic carbocycles. The lowest BCUT2D eigenvalue weighted by atomic mass is 10.5. The van der Waals surface area contributed by atoms with Gasteiger partial charge < -0.3 is 5.32 Å². The van der Waals surface area contributed by atoms with E-state index in [1.54, 1.807) is 6.20 Å². The number of thiazole rings is 1. The van der Waals surface area contributed by atoms with Crippen LogP contribution in [0.25, 0.3) is 0 Å². The highest BCUT2D eigenvalue weighted by Gasteiger charge is 1.98. The van der Waals surface area contributed by atoms with Gasteiger partial charge >= 0.3 is 0 Å². The van der Waals surface area contributed by atoms with Gasteiger partial charge in [0.05, 0.1) is 11.1 Å². The first-order chi connectivity index (χ1) is 6.34. The van der Waals surface area contributed by atoms with Gasteiger partial charge in [-0.2, -0.15) is 0 Å². The van der Waals surface area contributed by atoms with Crippen LogP contribution in [-0.4, -0.2) is 9.97 Å². The van der Waals surface area contributed by atoms with Crippen molar-refractivity contribution in [3.8, 4) is 0 Å². The fraction of sp³-hybridized carbons (Fsp3) is 0.111. The van der Waals surface area contributed by atoms with Crippen LogP contribution in [0.3, 0.4) is 0 Å². The normalized spacial score (nSPS) is 9.92. The molecule has 0 bridgehead atoms. The Morgan fingerprint density at radius 2 is 2.38 bits per heavy atom. The van der Waals surface area contributed by atoms with Gasteiger partial charge in [-0.1, -0.05) is 17.4 Å². The molecule has 2 aromatic rings. The molecule has 0 saturated heterocycles. The Morgan fingerprint density at radius 3 is 3.00 bits per heavy atom. The highest BCUT2D eigenvalue weighted by molar-refractivity contribution is 7.13. The quantitative estimate of drug-likeness (QED) is 0.790. The fourth-order valence-corrected chi connectivity index (χ4v) is 1.55. The molecule has 0 saturated carbocycles. The molecule has 0 amide bonds. The van der Waals surface area contributed by atoms with Gasteiger partial charge in [-0.3, -0.25) is 0 Å². The van der Waals surface area contributed by atoms with Gasteiger partial charge in [0.15, 0.2) is 5.13 Å². The SMILES string of the molecule is Cc1[c]sc(Nc2ccccn2)n1. The van der Waals surface area contributed by atoms with E-state index in [9.17, 15) is 0 Å². The van der Waals surface area contributed by atoms with Gasteiger partial charge in [0.25, 0.3) is 0 Å². The standard InChI is InChI=1S/C9H8N3S/c1-7-6-13-9(11-7)12-8-4-2-3-5-10-8/h2-5H,1H3,(H,10,11,12). The average Bonchev–Trinajstić information content (AvgIpc) is 2.53. The molecular weight excluding hydrogens is 182 g/mol. The van der Waals surface area contributed by atoms with E-state index in [0.29, 0.717) is 0 Å². The Morgan fingerprint density at radius 1 is 1.46 bits per heavy atom. The third-order valence-corrected chi connectivity index (χ3v) is 2.25. The topological polar surface area (TPSA) is 37.8 Å². The van der Waals surface area contributed by atoms with Crippen LogP contribution in [-0.2, 0) is 0 Å². The Kier molecular flexibility index (Phi) is 2.23. The van der Waals surface area contributed by atoms with E-state index < -0.39 is 0 Å². The summed E-state index contributed by atoms with van der Waals surface area (Å²) >= 11 is 1.46. The third kappa shape index (κ3) is 2.03. The third-order valence-electron chi connectivity index (χ3n) is 1.46. The van der Waals surface area contributed by atoms with Gasteiger partial charge in [0.2, 0.25) is 0 Å². The molecule has 2 heterocycles. The van der Waals surface area contributed by atoms with E-state index in [1.165, 1.54) is 11.3 Å². The summed E-state index contributed by atoms with van der Waals surface area (Å²) in [5.74, 6) is 0.810. The van der Waals surface area contributed by atoms with Crippen molar-refractivity contribution in [2.45, 2.75) is 6.92 Å². The summed E-state index contributed by atoms with van der Waals surface area (Å²) in [5.41, 5.74) is 0.906. The van der Waals surface area contributed by atoms with E-state index in [-0.39, 0.29) is 0 Å². The van der Waals surface area contributed by atoms with E-state index >= 15 is 0 Å². The van der Waals surface area contributed by atoms with Crippen molar-refractivity contribution < 1.29 is 0 Å². The minimum Gasteiger partial charge on any atom is -0.316 e. The number of aromatic nitrogens is 2. The molecule has 65 valence electrons. The average molecular weight is 190 g/mol. The Labute approximate surface area is 80.5 Å². The molecule has 0 atom stereocenters. The number of anilines is 2. The Hall–Kier alpha value is -1.42. The lowest BCUT2D eigenvalue weighted by molar-refractivity contribution is 1.23. The summed E-state index contributed by atoms with van der Waals surface area (Å²) in [6.07, 6.45) is 1.74. The minimum atomic E-state index is 0.810. The number of nitrogens with one attached hydrogen (secondary N) is 1. The molecule has 1 N–H and O–H groups in total. The molecule has 3 nitrogen and oxygen atoms in total. The molecule has 0 aliphatic rings. The summed E-state index contributed by atoms with van der Waals surface area (Å²) in [4.78, 5) is 8.34. The monoisotopic (exact) mass is 190 g/mol. The zero-order valence-electron chi connectivity index (χ0n) is 7.11. The predicted octanol–water partition coefficient (Wildman–Crippen LogP) is 2.39. The van der Waals surface area contributed by atoms with Gasteiger partial charge in [-0.15, -0.1) is 0 Å². The van der Waals surface area contributed by atoms with Crippen LogP contribution in [0.1, 0.15) is 5.69 Å². The van der Waals surface area contributed by atoms with Gasteiger partial charge in [-0.05, 0) is 19.1 Å². The predicted molar refractivity (Wildman–Crippen MR) is 53.2 cm³/mol. The highest BCUT2D eigenvalue weighted by Crippen LogP contribution is 2.17. The summed E-state index contributed by atoms with van der Waals surface area (Å²) in [5, 5.41) is 6.95. The van der Waals surface area contributed by atoms with Crippen LogP contribution >= 0.6 is 11.3 Å². The van der Waals surface area contributed by atoms with Crippen LogP contribution in [0.4, 0.5) is 10.9 Å². The zero-order chi connectivity index (χ0) is 9.10. The van der Waals surface area contributed by atoms with Crippen molar-refractivity contribution in [2.75, 3.05) is 5.32 Å². The highest BCUT2D eigenvalue weighted by atomic mass is 32.1. The van der Waals surface area contributed by atoms with Gasteiger partial charge in [0, 0.05) is 6.20 Å². The van der Waals surface area contributed by atoms with Crippen molar-refractivity contribution in [3.63, 3.8) is 0 Å². The molecule has 2 rings (SSSR count). The molecule has 1 radical (unpaired) electrons. The first-order valence-corrected chi connectivity index (χ1v) is 4.69. The first kappa shape index (κ1) is 8.19. The second-order valence-corrected chi connectivity index (χ2v) is 3.34. The van der Waals surface area contributed by atoms with Crippen molar-refractivity contribution >= 4 is 22.3 Å². The van der Waals surface area contributed by atoms with E-state index in [1.807, 2.05) is 25.1 Å².